The Morgan fingerprint density at radius 1 is 1.06 bits per heavy atom. The lowest BCUT2D eigenvalue weighted by Crippen LogP contribution is -2.38. The van der Waals surface area contributed by atoms with Crippen LogP contribution in [0.25, 0.3) is 11.0 Å². The fourth-order valence-electron chi connectivity index (χ4n) is 4.46. The molecule has 1 N–H and O–H groups in total. The number of hydrogen-bond donors (Lipinski definition) is 1. The number of likely N-dealkylation sites (tertiary alicyclic amines) is 1. The van der Waals surface area contributed by atoms with Crippen LogP contribution in [0.2, 0.25) is 0 Å². The van der Waals surface area contributed by atoms with Crippen LogP contribution in [0.15, 0.2) is 48.5 Å². The molecular formula is C26H32N4O2. The Balaban J connectivity index is 1.16. The van der Waals surface area contributed by atoms with Crippen LogP contribution in [-0.4, -0.2) is 45.9 Å². The number of nitrogens with zero attached hydrogens (tertiary/aromatic N) is 3. The molecule has 2 amide bonds. The van der Waals surface area contributed by atoms with E-state index in [4.69, 9.17) is 0 Å². The fourth-order valence-corrected chi connectivity index (χ4v) is 4.46. The van der Waals surface area contributed by atoms with E-state index in [9.17, 15) is 9.59 Å². The number of aromatic nitrogens is 2. The van der Waals surface area contributed by atoms with Crippen molar-refractivity contribution in [2.75, 3.05) is 19.6 Å². The third-order valence-corrected chi connectivity index (χ3v) is 6.53. The van der Waals surface area contributed by atoms with Crippen molar-refractivity contribution in [1.29, 1.82) is 0 Å². The maximum absolute atomic E-state index is 12.7. The van der Waals surface area contributed by atoms with Gasteiger partial charge in [0.25, 0.3) is 5.91 Å². The number of amides is 2. The van der Waals surface area contributed by atoms with Gasteiger partial charge in [-0.15, -0.1) is 0 Å². The number of imidazole rings is 1. The number of aryl methyl sites for hydroxylation is 2. The second-order valence-electron chi connectivity index (χ2n) is 8.82. The molecule has 1 aliphatic heterocycles. The molecule has 0 bridgehead atoms. The first kappa shape index (κ1) is 22.1. The summed E-state index contributed by atoms with van der Waals surface area (Å²) in [6, 6.07) is 15.8. The van der Waals surface area contributed by atoms with E-state index in [0.717, 1.165) is 66.8 Å². The van der Waals surface area contributed by atoms with E-state index in [0.29, 0.717) is 18.9 Å². The zero-order valence-electron chi connectivity index (χ0n) is 19.0. The number of para-hydroxylation sites is 2. The number of nitrogens with one attached hydrogen (secondary N) is 1. The second-order valence-corrected chi connectivity index (χ2v) is 8.82. The van der Waals surface area contributed by atoms with Gasteiger partial charge in [0.15, 0.2) is 0 Å². The molecular weight excluding hydrogens is 400 g/mol. The molecule has 2 heterocycles. The number of hydrogen-bond acceptors (Lipinski definition) is 3. The van der Waals surface area contributed by atoms with Gasteiger partial charge in [0.2, 0.25) is 5.91 Å². The molecule has 3 aromatic rings. The van der Waals surface area contributed by atoms with Crippen LogP contribution in [0.1, 0.15) is 47.4 Å². The van der Waals surface area contributed by atoms with Crippen LogP contribution in [0, 0.1) is 12.8 Å². The van der Waals surface area contributed by atoms with Crippen molar-refractivity contribution in [3.8, 4) is 0 Å². The molecule has 1 saturated heterocycles. The van der Waals surface area contributed by atoms with E-state index in [1.807, 2.05) is 61.3 Å². The van der Waals surface area contributed by atoms with Gasteiger partial charge in [-0.25, -0.2) is 4.98 Å². The third kappa shape index (κ3) is 5.18. The van der Waals surface area contributed by atoms with Crippen molar-refractivity contribution >= 4 is 22.8 Å². The number of benzene rings is 2. The summed E-state index contributed by atoms with van der Waals surface area (Å²) in [4.78, 5) is 31.6. The van der Waals surface area contributed by atoms with Gasteiger partial charge in [-0.3, -0.25) is 9.59 Å². The molecule has 0 atom stereocenters. The van der Waals surface area contributed by atoms with Gasteiger partial charge in [0.05, 0.1) is 11.0 Å². The minimum atomic E-state index is 0.0990. The van der Waals surface area contributed by atoms with Gasteiger partial charge in [0, 0.05) is 45.1 Å². The second kappa shape index (κ2) is 9.98. The van der Waals surface area contributed by atoms with E-state index < -0.39 is 0 Å². The smallest absolute Gasteiger partial charge is 0.253 e. The lowest BCUT2D eigenvalue weighted by atomic mass is 9.91. The quantitative estimate of drug-likeness (QED) is 0.616. The number of piperidine rings is 1. The maximum Gasteiger partial charge on any atom is 0.253 e. The molecule has 168 valence electrons. The predicted molar refractivity (Wildman–Crippen MR) is 126 cm³/mol. The molecule has 0 radical (unpaired) electrons. The first-order valence-corrected chi connectivity index (χ1v) is 11.5. The molecule has 6 heteroatoms. The average Bonchev–Trinajstić information content (AvgIpc) is 3.14. The predicted octanol–water partition coefficient (Wildman–Crippen LogP) is 3.87. The summed E-state index contributed by atoms with van der Waals surface area (Å²) in [6.45, 7) is 4.16. The topological polar surface area (TPSA) is 67.2 Å². The van der Waals surface area contributed by atoms with Gasteiger partial charge in [-0.05, 0) is 56.4 Å². The highest BCUT2D eigenvalue weighted by Crippen LogP contribution is 2.23. The number of rotatable bonds is 7. The molecule has 0 saturated carbocycles. The summed E-state index contributed by atoms with van der Waals surface area (Å²) in [7, 11) is 2.02. The van der Waals surface area contributed by atoms with E-state index >= 15 is 0 Å². The highest BCUT2D eigenvalue weighted by atomic mass is 16.2. The zero-order valence-corrected chi connectivity index (χ0v) is 19.0. The normalized spacial score (nSPS) is 14.6. The molecule has 0 spiro atoms. The first-order valence-electron chi connectivity index (χ1n) is 11.5. The van der Waals surface area contributed by atoms with Gasteiger partial charge in [-0.2, -0.15) is 0 Å². The average molecular weight is 433 g/mol. The fraction of sp³-hybridized carbons (Fsp3) is 0.423. The van der Waals surface area contributed by atoms with Crippen molar-refractivity contribution in [2.24, 2.45) is 13.0 Å². The van der Waals surface area contributed by atoms with Crippen molar-refractivity contribution in [1.82, 2.24) is 19.8 Å². The van der Waals surface area contributed by atoms with E-state index in [-0.39, 0.29) is 11.8 Å². The van der Waals surface area contributed by atoms with E-state index in [2.05, 4.69) is 20.9 Å². The number of fused-ring (bicyclic) bond motifs is 1. The molecule has 2 aromatic carbocycles. The monoisotopic (exact) mass is 432 g/mol. The molecule has 32 heavy (non-hydrogen) atoms. The Morgan fingerprint density at radius 2 is 1.78 bits per heavy atom. The van der Waals surface area contributed by atoms with Gasteiger partial charge >= 0.3 is 0 Å². The minimum absolute atomic E-state index is 0.0990. The summed E-state index contributed by atoms with van der Waals surface area (Å²) in [5, 5.41) is 3.04. The molecule has 1 aromatic heterocycles. The van der Waals surface area contributed by atoms with Crippen molar-refractivity contribution in [3.05, 3.63) is 65.5 Å². The number of carbonyl (C=O) groups is 2. The van der Waals surface area contributed by atoms with Crippen molar-refractivity contribution in [3.63, 3.8) is 0 Å². The summed E-state index contributed by atoms with van der Waals surface area (Å²) < 4.78 is 2.09. The summed E-state index contributed by atoms with van der Waals surface area (Å²) in [5.74, 6) is 1.70. The number of carbonyl (C=O) groups excluding carboxylic acids is 2. The maximum atomic E-state index is 12.7. The highest BCUT2D eigenvalue weighted by Gasteiger charge is 2.24. The Labute approximate surface area is 189 Å². The largest absolute Gasteiger partial charge is 0.356 e. The summed E-state index contributed by atoms with van der Waals surface area (Å²) >= 11 is 0. The molecule has 4 rings (SSSR count). The standard InChI is InChI=1S/C26H32N4O2/c1-19-7-10-21(11-8-19)26(32)30-17-14-20(15-18-30)9-12-25(31)27-16-13-24-28-22-5-3-4-6-23(22)29(24)2/h3-8,10-11,20H,9,12-18H2,1-2H3,(H,27,31). The summed E-state index contributed by atoms with van der Waals surface area (Å²) in [6.07, 6.45) is 4.07. The molecule has 1 aliphatic rings. The molecule has 6 nitrogen and oxygen atoms in total. The Hall–Kier alpha value is -3.15. The van der Waals surface area contributed by atoms with Crippen LogP contribution in [0.3, 0.4) is 0 Å². The van der Waals surface area contributed by atoms with Crippen LogP contribution >= 0.6 is 0 Å². The van der Waals surface area contributed by atoms with Crippen LogP contribution in [-0.2, 0) is 18.3 Å². The SMILES string of the molecule is Cc1ccc(C(=O)N2CCC(CCC(=O)NCCc3nc4ccccc4n3C)CC2)cc1. The Kier molecular flexibility index (Phi) is 6.88. The zero-order chi connectivity index (χ0) is 22.5. The van der Waals surface area contributed by atoms with Crippen LogP contribution in [0.4, 0.5) is 0 Å². The van der Waals surface area contributed by atoms with Gasteiger partial charge < -0.3 is 14.8 Å². The van der Waals surface area contributed by atoms with Gasteiger partial charge in [-0.1, -0.05) is 29.8 Å². The lowest BCUT2D eigenvalue weighted by Gasteiger charge is -2.32. The first-order chi connectivity index (χ1) is 15.5. The molecule has 0 unspecified atom stereocenters. The van der Waals surface area contributed by atoms with Gasteiger partial charge in [0.1, 0.15) is 5.82 Å². The van der Waals surface area contributed by atoms with Crippen molar-refractivity contribution in [2.45, 2.75) is 39.0 Å². The Morgan fingerprint density at radius 3 is 2.50 bits per heavy atom. The highest BCUT2D eigenvalue weighted by molar-refractivity contribution is 5.94. The van der Waals surface area contributed by atoms with Crippen LogP contribution < -0.4 is 5.32 Å². The molecule has 1 fully saturated rings. The summed E-state index contributed by atoms with van der Waals surface area (Å²) in [5.41, 5.74) is 4.02. The lowest BCUT2D eigenvalue weighted by molar-refractivity contribution is -0.121. The van der Waals surface area contributed by atoms with E-state index in [1.54, 1.807) is 0 Å². The minimum Gasteiger partial charge on any atom is -0.356 e. The Bertz CT molecular complexity index is 1080. The van der Waals surface area contributed by atoms with Crippen molar-refractivity contribution < 1.29 is 9.59 Å². The van der Waals surface area contributed by atoms with E-state index in [1.165, 1.54) is 0 Å². The van der Waals surface area contributed by atoms with Crippen LogP contribution in [0.5, 0.6) is 0 Å². The third-order valence-electron chi connectivity index (χ3n) is 6.53. The molecule has 0 aliphatic carbocycles.